The van der Waals surface area contributed by atoms with Gasteiger partial charge in [0.2, 0.25) is 0 Å². The van der Waals surface area contributed by atoms with Gasteiger partial charge in [0.1, 0.15) is 0 Å². The minimum absolute atomic E-state index is 0.633. The quantitative estimate of drug-likeness (QED) is 0.622. The number of anilines is 1. The standard InChI is InChI=1S/C17H20N4S2/c22-16(19-10-8-13-5-2-1-3-6-13)21-17-20-15(12-23-17)14-7-4-9-18-11-14/h4-5,7,9,11-12H,1-3,6,8,10H2,(H2,19,20,21,22). The molecule has 4 nitrogen and oxygen atoms in total. The van der Waals surface area contributed by atoms with E-state index < -0.39 is 0 Å². The summed E-state index contributed by atoms with van der Waals surface area (Å²) in [6, 6.07) is 3.91. The zero-order chi connectivity index (χ0) is 15.9. The number of allylic oxidation sites excluding steroid dienone is 1. The maximum atomic E-state index is 5.34. The molecule has 2 heterocycles. The third-order valence-electron chi connectivity index (χ3n) is 3.80. The molecule has 2 N–H and O–H groups in total. The summed E-state index contributed by atoms with van der Waals surface area (Å²) in [5, 5.41) is 9.86. The summed E-state index contributed by atoms with van der Waals surface area (Å²) in [6.45, 7) is 0.874. The Morgan fingerprint density at radius 1 is 1.35 bits per heavy atom. The molecule has 0 saturated heterocycles. The van der Waals surface area contributed by atoms with Crippen molar-refractivity contribution < 1.29 is 0 Å². The van der Waals surface area contributed by atoms with Crippen LogP contribution < -0.4 is 10.6 Å². The van der Waals surface area contributed by atoms with Gasteiger partial charge in [0.05, 0.1) is 5.69 Å². The highest BCUT2D eigenvalue weighted by atomic mass is 32.1. The molecule has 3 rings (SSSR count). The summed E-state index contributed by atoms with van der Waals surface area (Å²) in [6.07, 6.45) is 12.1. The minimum atomic E-state index is 0.633. The summed E-state index contributed by atoms with van der Waals surface area (Å²) in [4.78, 5) is 8.66. The average Bonchev–Trinajstić information content (AvgIpc) is 3.05. The highest BCUT2D eigenvalue weighted by Gasteiger charge is 2.07. The van der Waals surface area contributed by atoms with Gasteiger partial charge >= 0.3 is 0 Å². The van der Waals surface area contributed by atoms with E-state index in [-0.39, 0.29) is 0 Å². The molecule has 0 spiro atoms. The Morgan fingerprint density at radius 2 is 2.30 bits per heavy atom. The maximum Gasteiger partial charge on any atom is 0.189 e. The number of rotatable bonds is 5. The molecule has 0 amide bonds. The molecule has 0 saturated carbocycles. The Morgan fingerprint density at radius 3 is 3.09 bits per heavy atom. The first kappa shape index (κ1) is 16.1. The van der Waals surface area contributed by atoms with E-state index in [1.165, 1.54) is 25.7 Å². The van der Waals surface area contributed by atoms with Gasteiger partial charge in [0.25, 0.3) is 0 Å². The Balaban J connectivity index is 1.46. The first-order valence-corrected chi connectivity index (χ1v) is 9.19. The summed E-state index contributed by atoms with van der Waals surface area (Å²) < 4.78 is 0. The molecule has 0 aromatic carbocycles. The van der Waals surface area contributed by atoms with E-state index in [0.29, 0.717) is 5.11 Å². The van der Waals surface area contributed by atoms with Crippen LogP contribution in [0.15, 0.2) is 41.6 Å². The van der Waals surface area contributed by atoms with Crippen LogP contribution in [0.5, 0.6) is 0 Å². The molecule has 0 bridgehead atoms. The lowest BCUT2D eigenvalue weighted by Crippen LogP contribution is -2.29. The van der Waals surface area contributed by atoms with Gasteiger partial charge in [-0.05, 0) is 56.5 Å². The number of hydrogen-bond donors (Lipinski definition) is 2. The Labute approximate surface area is 146 Å². The van der Waals surface area contributed by atoms with Gasteiger partial charge in [-0.1, -0.05) is 11.6 Å². The number of thiocarbonyl (C=S) groups is 1. The van der Waals surface area contributed by atoms with Crippen molar-refractivity contribution in [3.8, 4) is 11.3 Å². The lowest BCUT2D eigenvalue weighted by atomic mass is 9.97. The molecule has 0 atom stereocenters. The van der Waals surface area contributed by atoms with Crippen LogP contribution in [-0.2, 0) is 0 Å². The van der Waals surface area contributed by atoms with E-state index in [1.807, 2.05) is 23.7 Å². The zero-order valence-electron chi connectivity index (χ0n) is 12.9. The minimum Gasteiger partial charge on any atom is -0.362 e. The molecule has 23 heavy (non-hydrogen) atoms. The molecule has 2 aromatic rings. The van der Waals surface area contributed by atoms with Gasteiger partial charge in [-0.25, -0.2) is 4.98 Å². The molecule has 6 heteroatoms. The highest BCUT2D eigenvalue weighted by molar-refractivity contribution is 7.80. The van der Waals surface area contributed by atoms with Gasteiger partial charge in [-0.15, -0.1) is 11.3 Å². The molecule has 2 aromatic heterocycles. The van der Waals surface area contributed by atoms with Crippen molar-refractivity contribution in [1.82, 2.24) is 15.3 Å². The number of pyridine rings is 1. The second-order valence-corrected chi connectivity index (χ2v) is 6.79. The fourth-order valence-corrected chi connectivity index (χ4v) is 3.58. The molecule has 1 aliphatic carbocycles. The van der Waals surface area contributed by atoms with Crippen LogP contribution in [0.2, 0.25) is 0 Å². The first-order valence-electron chi connectivity index (χ1n) is 7.90. The molecular weight excluding hydrogens is 324 g/mol. The molecule has 0 fully saturated rings. The third-order valence-corrected chi connectivity index (χ3v) is 4.80. The van der Waals surface area contributed by atoms with Crippen molar-refractivity contribution in [3.63, 3.8) is 0 Å². The van der Waals surface area contributed by atoms with Crippen LogP contribution in [0.4, 0.5) is 5.13 Å². The van der Waals surface area contributed by atoms with Gasteiger partial charge in [0, 0.05) is 29.9 Å². The molecule has 120 valence electrons. The largest absolute Gasteiger partial charge is 0.362 e. The van der Waals surface area contributed by atoms with E-state index in [0.717, 1.165) is 29.4 Å². The zero-order valence-corrected chi connectivity index (χ0v) is 14.6. The number of hydrogen-bond acceptors (Lipinski definition) is 4. The normalized spacial score (nSPS) is 14.2. The Hall–Kier alpha value is -1.79. The molecule has 0 aliphatic heterocycles. The summed E-state index contributed by atoms with van der Waals surface area (Å²) in [7, 11) is 0. The first-order chi connectivity index (χ1) is 11.3. The monoisotopic (exact) mass is 344 g/mol. The van der Waals surface area contributed by atoms with Gasteiger partial charge in [0.15, 0.2) is 10.2 Å². The van der Waals surface area contributed by atoms with Crippen molar-refractivity contribution in [2.75, 3.05) is 11.9 Å². The van der Waals surface area contributed by atoms with Crippen molar-refractivity contribution in [1.29, 1.82) is 0 Å². The van der Waals surface area contributed by atoms with Gasteiger partial charge in [-0.3, -0.25) is 4.98 Å². The lowest BCUT2D eigenvalue weighted by Gasteiger charge is -2.13. The van der Waals surface area contributed by atoms with Crippen molar-refractivity contribution in [2.45, 2.75) is 32.1 Å². The van der Waals surface area contributed by atoms with E-state index in [4.69, 9.17) is 12.2 Å². The number of aromatic nitrogens is 2. The van der Waals surface area contributed by atoms with E-state index in [9.17, 15) is 0 Å². The lowest BCUT2D eigenvalue weighted by molar-refractivity contribution is 0.669. The van der Waals surface area contributed by atoms with Crippen LogP contribution in [0, 0.1) is 0 Å². The number of thiazole rings is 1. The van der Waals surface area contributed by atoms with Crippen molar-refractivity contribution in [2.24, 2.45) is 0 Å². The van der Waals surface area contributed by atoms with Crippen molar-refractivity contribution in [3.05, 3.63) is 41.6 Å². The second kappa shape index (κ2) is 8.17. The predicted octanol–water partition coefficient (Wildman–Crippen LogP) is 4.38. The average molecular weight is 345 g/mol. The molecule has 0 radical (unpaired) electrons. The summed E-state index contributed by atoms with van der Waals surface area (Å²) in [5.41, 5.74) is 3.49. The van der Waals surface area contributed by atoms with E-state index in [2.05, 4.69) is 26.7 Å². The highest BCUT2D eigenvalue weighted by Crippen LogP contribution is 2.24. The van der Waals surface area contributed by atoms with Crippen LogP contribution >= 0.6 is 23.6 Å². The number of nitrogens with zero attached hydrogens (tertiary/aromatic N) is 2. The second-order valence-electron chi connectivity index (χ2n) is 5.52. The van der Waals surface area contributed by atoms with Crippen molar-refractivity contribution >= 4 is 33.8 Å². The molecule has 1 aliphatic rings. The topological polar surface area (TPSA) is 49.8 Å². The number of nitrogens with one attached hydrogen (secondary N) is 2. The Kier molecular flexibility index (Phi) is 5.71. The van der Waals surface area contributed by atoms with Crippen LogP contribution in [0.3, 0.4) is 0 Å². The Bertz CT molecular complexity index is 679. The third kappa shape index (κ3) is 4.84. The molecular formula is C17H20N4S2. The van der Waals surface area contributed by atoms with E-state index in [1.54, 1.807) is 23.1 Å². The summed E-state index contributed by atoms with van der Waals surface area (Å²) >= 11 is 6.89. The van der Waals surface area contributed by atoms with Gasteiger partial charge < -0.3 is 10.6 Å². The van der Waals surface area contributed by atoms with Crippen LogP contribution in [0.25, 0.3) is 11.3 Å². The summed E-state index contributed by atoms with van der Waals surface area (Å²) in [5.74, 6) is 0. The fraction of sp³-hybridized carbons (Fsp3) is 0.353. The fourth-order valence-electron chi connectivity index (χ4n) is 2.59. The molecule has 0 unspecified atom stereocenters. The van der Waals surface area contributed by atoms with Gasteiger partial charge in [-0.2, -0.15) is 0 Å². The predicted molar refractivity (Wildman–Crippen MR) is 101 cm³/mol. The van der Waals surface area contributed by atoms with Crippen LogP contribution in [-0.4, -0.2) is 21.6 Å². The maximum absolute atomic E-state index is 5.34. The SMILES string of the molecule is S=C(NCCC1=CCCCC1)Nc1nc(-c2cccnc2)cs1. The van der Waals surface area contributed by atoms with Crippen LogP contribution in [0.1, 0.15) is 32.1 Å². The smallest absolute Gasteiger partial charge is 0.189 e. The van der Waals surface area contributed by atoms with E-state index >= 15 is 0 Å².